The number of carboxylic acid groups (broad SMARTS) is 1. The molecule has 0 aliphatic rings. The Morgan fingerprint density at radius 2 is 2.06 bits per heavy atom. The van der Waals surface area contributed by atoms with E-state index >= 15 is 0 Å². The molecule has 16 heavy (non-hydrogen) atoms. The van der Waals surface area contributed by atoms with E-state index in [1.165, 1.54) is 0 Å². The van der Waals surface area contributed by atoms with Crippen LogP contribution in [0.4, 0.5) is 0 Å². The van der Waals surface area contributed by atoms with Crippen LogP contribution in [0.3, 0.4) is 0 Å². The monoisotopic (exact) mass is 227 g/mol. The van der Waals surface area contributed by atoms with Crippen molar-refractivity contribution in [3.8, 4) is 6.07 Å². The molecule has 0 rings (SSSR count). The van der Waals surface area contributed by atoms with Gasteiger partial charge in [-0.1, -0.05) is 0 Å². The SMILES string of the molecule is CC(C)N(CC(=O)O)CC(=O)NCCC#N. The number of hydrogen-bond donors (Lipinski definition) is 2. The fourth-order valence-electron chi connectivity index (χ4n) is 1.09. The van der Waals surface area contributed by atoms with Gasteiger partial charge in [-0.05, 0) is 13.8 Å². The van der Waals surface area contributed by atoms with Crippen LogP contribution in [0.25, 0.3) is 0 Å². The third kappa shape index (κ3) is 6.79. The standard InChI is InChI=1S/C10H17N3O3/c1-8(2)13(7-10(15)16)6-9(14)12-5-3-4-11/h8H,3,5-7H2,1-2H3,(H,12,14)(H,15,16). The number of nitrogens with zero attached hydrogens (tertiary/aromatic N) is 2. The van der Waals surface area contributed by atoms with Gasteiger partial charge in [-0.25, -0.2) is 0 Å². The van der Waals surface area contributed by atoms with Crippen LogP contribution in [0.2, 0.25) is 0 Å². The molecule has 0 spiro atoms. The summed E-state index contributed by atoms with van der Waals surface area (Å²) in [6, 6.07) is 1.89. The Labute approximate surface area is 94.8 Å². The number of amides is 1. The second-order valence-electron chi connectivity index (χ2n) is 3.65. The molecule has 90 valence electrons. The molecule has 0 bridgehead atoms. The van der Waals surface area contributed by atoms with E-state index in [0.717, 1.165) is 0 Å². The lowest BCUT2D eigenvalue weighted by atomic mass is 10.3. The zero-order chi connectivity index (χ0) is 12.6. The largest absolute Gasteiger partial charge is 0.480 e. The number of hydrogen-bond acceptors (Lipinski definition) is 4. The Morgan fingerprint density at radius 1 is 1.44 bits per heavy atom. The highest BCUT2D eigenvalue weighted by Crippen LogP contribution is 1.96. The predicted octanol–water partition coefficient (Wildman–Crippen LogP) is -0.189. The molecule has 0 aromatic carbocycles. The number of nitriles is 1. The second kappa shape index (κ2) is 7.65. The normalized spacial score (nSPS) is 10.2. The molecule has 0 aromatic rings. The highest BCUT2D eigenvalue weighted by Gasteiger charge is 2.16. The van der Waals surface area contributed by atoms with Crippen LogP contribution >= 0.6 is 0 Å². The minimum Gasteiger partial charge on any atom is -0.480 e. The van der Waals surface area contributed by atoms with Crippen molar-refractivity contribution >= 4 is 11.9 Å². The van der Waals surface area contributed by atoms with Crippen molar-refractivity contribution in [3.05, 3.63) is 0 Å². The number of aliphatic carboxylic acids is 1. The van der Waals surface area contributed by atoms with E-state index < -0.39 is 5.97 Å². The molecule has 6 heteroatoms. The summed E-state index contributed by atoms with van der Waals surface area (Å²) in [7, 11) is 0. The van der Waals surface area contributed by atoms with Crippen LogP contribution in [-0.2, 0) is 9.59 Å². The van der Waals surface area contributed by atoms with Gasteiger partial charge in [-0.15, -0.1) is 0 Å². The quantitative estimate of drug-likeness (QED) is 0.588. The molecule has 0 fully saturated rings. The summed E-state index contributed by atoms with van der Waals surface area (Å²) in [5, 5.41) is 19.5. The summed E-state index contributed by atoms with van der Waals surface area (Å²) in [5.41, 5.74) is 0. The number of rotatable bonds is 7. The van der Waals surface area contributed by atoms with E-state index in [0.29, 0.717) is 6.54 Å². The number of nitrogens with one attached hydrogen (secondary N) is 1. The molecule has 6 nitrogen and oxygen atoms in total. The molecule has 0 aromatic heterocycles. The zero-order valence-corrected chi connectivity index (χ0v) is 9.56. The number of carboxylic acids is 1. The van der Waals surface area contributed by atoms with E-state index in [4.69, 9.17) is 10.4 Å². The van der Waals surface area contributed by atoms with Gasteiger partial charge >= 0.3 is 5.97 Å². The van der Waals surface area contributed by atoms with Crippen molar-refractivity contribution in [2.75, 3.05) is 19.6 Å². The first-order valence-electron chi connectivity index (χ1n) is 5.07. The smallest absolute Gasteiger partial charge is 0.317 e. The maximum Gasteiger partial charge on any atom is 0.317 e. The average molecular weight is 227 g/mol. The van der Waals surface area contributed by atoms with Crippen LogP contribution in [-0.4, -0.2) is 47.6 Å². The van der Waals surface area contributed by atoms with E-state index in [1.54, 1.807) is 4.90 Å². The molecule has 1 amide bonds. The predicted molar refractivity (Wildman–Crippen MR) is 57.6 cm³/mol. The fraction of sp³-hybridized carbons (Fsp3) is 0.700. The van der Waals surface area contributed by atoms with Crippen molar-refractivity contribution in [3.63, 3.8) is 0 Å². The van der Waals surface area contributed by atoms with E-state index in [9.17, 15) is 9.59 Å². The van der Waals surface area contributed by atoms with Crippen molar-refractivity contribution in [1.82, 2.24) is 10.2 Å². The Kier molecular flexibility index (Phi) is 6.88. The van der Waals surface area contributed by atoms with E-state index in [2.05, 4.69) is 5.32 Å². The number of carbonyl (C=O) groups is 2. The van der Waals surface area contributed by atoms with Gasteiger partial charge in [-0.2, -0.15) is 5.26 Å². The first-order chi connectivity index (χ1) is 7.47. The summed E-state index contributed by atoms with van der Waals surface area (Å²) in [4.78, 5) is 23.4. The Bertz CT molecular complexity index is 284. The summed E-state index contributed by atoms with van der Waals surface area (Å²) in [5.74, 6) is -1.22. The lowest BCUT2D eigenvalue weighted by Crippen LogP contribution is -2.43. The Hall–Kier alpha value is -1.61. The van der Waals surface area contributed by atoms with Crippen molar-refractivity contribution in [2.24, 2.45) is 0 Å². The maximum atomic E-state index is 11.4. The first kappa shape index (κ1) is 14.4. The first-order valence-corrected chi connectivity index (χ1v) is 5.07. The second-order valence-corrected chi connectivity index (χ2v) is 3.65. The average Bonchev–Trinajstić information content (AvgIpc) is 2.16. The molecule has 0 radical (unpaired) electrons. The Balaban J connectivity index is 4.04. The van der Waals surface area contributed by atoms with E-state index in [1.807, 2.05) is 19.9 Å². The topological polar surface area (TPSA) is 93.4 Å². The summed E-state index contributed by atoms with van der Waals surface area (Å²) in [6.07, 6.45) is 0.256. The molecule has 0 unspecified atom stereocenters. The molecule has 0 saturated heterocycles. The van der Waals surface area contributed by atoms with Crippen LogP contribution in [0, 0.1) is 11.3 Å². The van der Waals surface area contributed by atoms with Gasteiger partial charge < -0.3 is 10.4 Å². The van der Waals surface area contributed by atoms with Gasteiger partial charge in [0.15, 0.2) is 0 Å². The number of carbonyl (C=O) groups excluding carboxylic acids is 1. The van der Waals surface area contributed by atoms with Crippen molar-refractivity contribution < 1.29 is 14.7 Å². The Morgan fingerprint density at radius 3 is 2.50 bits per heavy atom. The highest BCUT2D eigenvalue weighted by molar-refractivity contribution is 5.79. The molecule has 0 aliphatic heterocycles. The van der Waals surface area contributed by atoms with Gasteiger partial charge in [0.05, 0.1) is 25.6 Å². The van der Waals surface area contributed by atoms with Crippen molar-refractivity contribution in [1.29, 1.82) is 5.26 Å². The summed E-state index contributed by atoms with van der Waals surface area (Å²) >= 11 is 0. The molecule has 0 atom stereocenters. The van der Waals surface area contributed by atoms with Gasteiger partial charge in [0.1, 0.15) is 0 Å². The third-order valence-electron chi connectivity index (χ3n) is 1.97. The zero-order valence-electron chi connectivity index (χ0n) is 9.56. The molecule has 0 aliphatic carbocycles. The minimum absolute atomic E-state index is 0.0159. The lowest BCUT2D eigenvalue weighted by Gasteiger charge is -2.23. The highest BCUT2D eigenvalue weighted by atomic mass is 16.4. The molecule has 0 heterocycles. The van der Waals surface area contributed by atoms with Crippen LogP contribution in [0.15, 0.2) is 0 Å². The van der Waals surface area contributed by atoms with Crippen molar-refractivity contribution in [2.45, 2.75) is 26.3 Å². The summed E-state index contributed by atoms with van der Waals surface area (Å²) in [6.45, 7) is 3.82. The maximum absolute atomic E-state index is 11.4. The molecule has 2 N–H and O–H groups in total. The van der Waals surface area contributed by atoms with Crippen LogP contribution < -0.4 is 5.32 Å². The van der Waals surface area contributed by atoms with Gasteiger partial charge in [-0.3, -0.25) is 14.5 Å². The lowest BCUT2D eigenvalue weighted by molar-refractivity contribution is -0.139. The molecular formula is C10H17N3O3. The van der Waals surface area contributed by atoms with Gasteiger partial charge in [0, 0.05) is 12.6 Å². The fourth-order valence-corrected chi connectivity index (χ4v) is 1.09. The van der Waals surface area contributed by atoms with Crippen LogP contribution in [0.5, 0.6) is 0 Å². The van der Waals surface area contributed by atoms with E-state index in [-0.39, 0.29) is 31.5 Å². The molecular weight excluding hydrogens is 210 g/mol. The minimum atomic E-state index is -0.960. The van der Waals surface area contributed by atoms with Gasteiger partial charge in [0.2, 0.25) is 5.91 Å². The molecule has 0 saturated carbocycles. The summed E-state index contributed by atoms with van der Waals surface area (Å²) < 4.78 is 0. The van der Waals surface area contributed by atoms with Crippen LogP contribution in [0.1, 0.15) is 20.3 Å². The third-order valence-corrected chi connectivity index (χ3v) is 1.97. The van der Waals surface area contributed by atoms with Gasteiger partial charge in [0.25, 0.3) is 0 Å².